The molecule has 1 aromatic heterocycles. The Morgan fingerprint density at radius 1 is 1.29 bits per heavy atom. The van der Waals surface area contributed by atoms with E-state index in [1.54, 1.807) is 12.1 Å². The molecule has 1 unspecified atom stereocenters. The van der Waals surface area contributed by atoms with E-state index in [1.165, 1.54) is 17.0 Å². The van der Waals surface area contributed by atoms with Crippen LogP contribution in [0.25, 0.3) is 10.9 Å². The molecule has 1 amide bonds. The number of carboxylic acid groups (broad SMARTS) is 1. The maximum atomic E-state index is 13.2. The van der Waals surface area contributed by atoms with Gasteiger partial charge in [-0.05, 0) is 43.5 Å². The van der Waals surface area contributed by atoms with Gasteiger partial charge in [0.05, 0.1) is 0 Å². The summed E-state index contributed by atoms with van der Waals surface area (Å²) < 4.78 is 13.2. The number of carbonyl (C=O) groups is 2. The minimum Gasteiger partial charge on any atom is -0.480 e. The fourth-order valence-corrected chi connectivity index (χ4v) is 2.80. The van der Waals surface area contributed by atoms with E-state index in [2.05, 4.69) is 4.98 Å². The number of halogens is 1. The third-order valence-corrected chi connectivity index (χ3v) is 3.86. The molecular formula is C15H15FN2O3. The second-order valence-electron chi connectivity index (χ2n) is 5.26. The molecule has 110 valence electrons. The number of fused-ring (bicyclic) bond motifs is 1. The van der Waals surface area contributed by atoms with Crippen LogP contribution < -0.4 is 0 Å². The number of nitrogens with zero attached hydrogens (tertiary/aromatic N) is 1. The quantitative estimate of drug-likeness (QED) is 0.892. The van der Waals surface area contributed by atoms with Crippen molar-refractivity contribution in [1.29, 1.82) is 0 Å². The van der Waals surface area contributed by atoms with Crippen molar-refractivity contribution >= 4 is 22.8 Å². The number of aliphatic carboxylic acids is 1. The second kappa shape index (κ2) is 5.20. The topological polar surface area (TPSA) is 73.4 Å². The number of likely N-dealkylation sites (tertiary alicyclic amines) is 1. The number of hydrogen-bond donors (Lipinski definition) is 2. The van der Waals surface area contributed by atoms with Gasteiger partial charge >= 0.3 is 5.97 Å². The van der Waals surface area contributed by atoms with Gasteiger partial charge in [-0.1, -0.05) is 0 Å². The van der Waals surface area contributed by atoms with Crippen LogP contribution in [0.5, 0.6) is 0 Å². The molecule has 0 spiro atoms. The Labute approximate surface area is 120 Å². The van der Waals surface area contributed by atoms with E-state index in [1.807, 2.05) is 0 Å². The van der Waals surface area contributed by atoms with E-state index in [0.717, 1.165) is 12.8 Å². The van der Waals surface area contributed by atoms with Crippen LogP contribution >= 0.6 is 0 Å². The zero-order valence-electron chi connectivity index (χ0n) is 11.3. The smallest absolute Gasteiger partial charge is 0.326 e. The van der Waals surface area contributed by atoms with Crippen LogP contribution in [0.3, 0.4) is 0 Å². The average molecular weight is 290 g/mol. The highest BCUT2D eigenvalue weighted by Gasteiger charge is 2.33. The first-order chi connectivity index (χ1) is 10.1. The van der Waals surface area contributed by atoms with Crippen LogP contribution in [0.1, 0.15) is 29.8 Å². The number of carboxylic acids is 1. The number of hydrogen-bond acceptors (Lipinski definition) is 2. The maximum Gasteiger partial charge on any atom is 0.326 e. The summed E-state index contributed by atoms with van der Waals surface area (Å²) in [5.74, 6) is -1.70. The standard InChI is InChI=1S/C15H15FN2O3/c16-10-4-5-11-9(7-10)8-12(17-11)14(19)18-6-2-1-3-13(18)15(20)21/h4-5,7-8,13,17H,1-3,6H2,(H,20,21). The Bertz CT molecular complexity index is 710. The molecule has 6 heteroatoms. The number of rotatable bonds is 2. The number of benzene rings is 1. The lowest BCUT2D eigenvalue weighted by molar-refractivity contribution is -0.143. The Balaban J connectivity index is 1.93. The monoisotopic (exact) mass is 290 g/mol. The van der Waals surface area contributed by atoms with Crippen LogP contribution in [0.15, 0.2) is 24.3 Å². The number of aromatic nitrogens is 1. The molecule has 1 fully saturated rings. The van der Waals surface area contributed by atoms with E-state index < -0.39 is 12.0 Å². The van der Waals surface area contributed by atoms with Crippen molar-refractivity contribution in [3.05, 3.63) is 35.8 Å². The van der Waals surface area contributed by atoms with Gasteiger partial charge in [0, 0.05) is 17.4 Å². The molecule has 2 N–H and O–H groups in total. The molecule has 1 aliphatic heterocycles. The maximum absolute atomic E-state index is 13.2. The zero-order chi connectivity index (χ0) is 15.0. The van der Waals surface area contributed by atoms with Crippen molar-refractivity contribution in [3.8, 4) is 0 Å². The first kappa shape index (κ1) is 13.6. The minimum absolute atomic E-state index is 0.295. The number of carbonyl (C=O) groups excluding carboxylic acids is 1. The minimum atomic E-state index is -0.981. The first-order valence-corrected chi connectivity index (χ1v) is 6.88. The first-order valence-electron chi connectivity index (χ1n) is 6.88. The van der Waals surface area contributed by atoms with Gasteiger partial charge in [-0.3, -0.25) is 4.79 Å². The van der Waals surface area contributed by atoms with Crippen LogP contribution in [0.2, 0.25) is 0 Å². The predicted molar refractivity (Wildman–Crippen MR) is 74.6 cm³/mol. The number of amides is 1. The predicted octanol–water partition coefficient (Wildman–Crippen LogP) is 2.39. The van der Waals surface area contributed by atoms with Crippen LogP contribution in [-0.2, 0) is 4.79 Å². The third kappa shape index (κ3) is 2.49. The van der Waals surface area contributed by atoms with Gasteiger partial charge < -0.3 is 15.0 Å². The molecule has 5 nitrogen and oxygen atoms in total. The lowest BCUT2D eigenvalue weighted by Crippen LogP contribution is -2.48. The molecule has 3 rings (SSSR count). The highest BCUT2D eigenvalue weighted by atomic mass is 19.1. The third-order valence-electron chi connectivity index (χ3n) is 3.86. The van der Waals surface area contributed by atoms with Crippen molar-refractivity contribution in [2.75, 3.05) is 6.54 Å². The van der Waals surface area contributed by atoms with Gasteiger partial charge in [-0.2, -0.15) is 0 Å². The van der Waals surface area contributed by atoms with Gasteiger partial charge in [0.25, 0.3) is 5.91 Å². The summed E-state index contributed by atoms with van der Waals surface area (Å²) in [6.07, 6.45) is 2.07. The Morgan fingerprint density at radius 2 is 2.10 bits per heavy atom. The highest BCUT2D eigenvalue weighted by Crippen LogP contribution is 2.22. The normalized spacial score (nSPS) is 18.9. The van der Waals surface area contributed by atoms with E-state index in [0.29, 0.717) is 29.6 Å². The largest absolute Gasteiger partial charge is 0.480 e. The Morgan fingerprint density at radius 3 is 2.86 bits per heavy atom. The summed E-state index contributed by atoms with van der Waals surface area (Å²) in [5, 5.41) is 9.83. The molecular weight excluding hydrogens is 275 g/mol. The SMILES string of the molecule is O=C(O)C1CCCCN1C(=O)c1cc2cc(F)ccc2[nH]1. The molecule has 1 saturated heterocycles. The molecule has 0 radical (unpaired) electrons. The molecule has 2 aromatic rings. The molecule has 0 aliphatic carbocycles. The van der Waals surface area contributed by atoms with Crippen molar-refractivity contribution in [2.24, 2.45) is 0 Å². The summed E-state index contributed by atoms with van der Waals surface area (Å²) in [4.78, 5) is 28.1. The second-order valence-corrected chi connectivity index (χ2v) is 5.26. The number of H-pyrrole nitrogens is 1. The molecule has 21 heavy (non-hydrogen) atoms. The number of piperidine rings is 1. The molecule has 0 bridgehead atoms. The highest BCUT2D eigenvalue weighted by molar-refractivity contribution is 5.99. The van der Waals surface area contributed by atoms with Crippen molar-refractivity contribution in [2.45, 2.75) is 25.3 Å². The van der Waals surface area contributed by atoms with E-state index >= 15 is 0 Å². The van der Waals surface area contributed by atoms with Gasteiger partial charge in [0.15, 0.2) is 0 Å². The van der Waals surface area contributed by atoms with Crippen molar-refractivity contribution in [3.63, 3.8) is 0 Å². The summed E-state index contributed by atoms with van der Waals surface area (Å²) in [6.45, 7) is 0.430. The van der Waals surface area contributed by atoms with Crippen molar-refractivity contribution < 1.29 is 19.1 Å². The molecule has 1 aromatic carbocycles. The van der Waals surface area contributed by atoms with Crippen LogP contribution in [0.4, 0.5) is 4.39 Å². The van der Waals surface area contributed by atoms with Crippen LogP contribution in [0, 0.1) is 5.82 Å². The summed E-state index contributed by atoms with van der Waals surface area (Å²) >= 11 is 0. The molecule has 1 atom stereocenters. The van der Waals surface area contributed by atoms with Crippen molar-refractivity contribution in [1.82, 2.24) is 9.88 Å². The van der Waals surface area contributed by atoms with Gasteiger partial charge in [-0.15, -0.1) is 0 Å². The average Bonchev–Trinajstić information content (AvgIpc) is 2.89. The van der Waals surface area contributed by atoms with Gasteiger partial charge in [-0.25, -0.2) is 9.18 Å². The Hall–Kier alpha value is -2.37. The van der Waals surface area contributed by atoms with Crippen LogP contribution in [-0.4, -0.2) is 39.5 Å². The number of nitrogens with one attached hydrogen (secondary N) is 1. The lowest BCUT2D eigenvalue weighted by atomic mass is 10.0. The lowest BCUT2D eigenvalue weighted by Gasteiger charge is -2.32. The van der Waals surface area contributed by atoms with Gasteiger partial charge in [0.1, 0.15) is 17.6 Å². The molecule has 2 heterocycles. The summed E-state index contributed by atoms with van der Waals surface area (Å²) in [6, 6.07) is 5.00. The fraction of sp³-hybridized carbons (Fsp3) is 0.333. The number of aromatic amines is 1. The summed E-state index contributed by atoms with van der Waals surface area (Å²) in [5.41, 5.74) is 0.951. The molecule has 0 saturated carbocycles. The van der Waals surface area contributed by atoms with E-state index in [9.17, 15) is 19.1 Å². The molecule has 1 aliphatic rings. The fourth-order valence-electron chi connectivity index (χ4n) is 2.80. The van der Waals surface area contributed by atoms with E-state index in [4.69, 9.17) is 0 Å². The zero-order valence-corrected chi connectivity index (χ0v) is 11.3. The van der Waals surface area contributed by atoms with Gasteiger partial charge in [0.2, 0.25) is 0 Å². The Kier molecular flexibility index (Phi) is 3.37. The van der Waals surface area contributed by atoms with E-state index in [-0.39, 0.29) is 11.7 Å². The summed E-state index contributed by atoms with van der Waals surface area (Å²) in [7, 11) is 0.